The molecule has 2 N–H and O–H groups in total. The quantitative estimate of drug-likeness (QED) is 0.447. The predicted octanol–water partition coefficient (Wildman–Crippen LogP) is 2.32. The van der Waals surface area contributed by atoms with Crippen molar-refractivity contribution in [3.8, 4) is 17.2 Å². The second kappa shape index (κ2) is 11.2. The van der Waals surface area contributed by atoms with E-state index in [1.54, 1.807) is 56.7 Å². The highest BCUT2D eigenvalue weighted by molar-refractivity contribution is 9.10. The zero-order valence-electron chi connectivity index (χ0n) is 15.5. The summed E-state index contributed by atoms with van der Waals surface area (Å²) >= 11 is 3.31. The van der Waals surface area contributed by atoms with Crippen LogP contribution in [0.3, 0.4) is 0 Å². The highest BCUT2D eigenvalue weighted by Crippen LogP contribution is 2.23. The van der Waals surface area contributed by atoms with Crippen molar-refractivity contribution in [2.24, 2.45) is 0 Å². The van der Waals surface area contributed by atoms with Gasteiger partial charge in [0.2, 0.25) is 0 Å². The lowest BCUT2D eigenvalue weighted by Gasteiger charge is -2.13. The Morgan fingerprint density at radius 2 is 1.64 bits per heavy atom. The summed E-state index contributed by atoms with van der Waals surface area (Å²) in [6, 6.07) is 11.8. The first-order chi connectivity index (χ1) is 13.5. The van der Waals surface area contributed by atoms with Crippen LogP contribution in [-0.4, -0.2) is 45.9 Å². The van der Waals surface area contributed by atoms with Gasteiger partial charge in [0, 0.05) is 11.6 Å². The van der Waals surface area contributed by atoms with Crippen LogP contribution in [0.5, 0.6) is 17.2 Å². The smallest absolute Gasteiger partial charge is 0.276 e. The SMILES string of the molecule is COCCOc1ccc(Br)cc1C(=O)NNC(=O)COc1ccc(OC)cc1. The number of benzene rings is 2. The highest BCUT2D eigenvalue weighted by atomic mass is 79.9. The fourth-order valence-corrected chi connectivity index (χ4v) is 2.45. The maximum absolute atomic E-state index is 12.4. The van der Waals surface area contributed by atoms with Crippen LogP contribution >= 0.6 is 15.9 Å². The molecule has 0 spiro atoms. The Hall–Kier alpha value is -2.78. The van der Waals surface area contributed by atoms with Crippen LogP contribution in [0.15, 0.2) is 46.9 Å². The zero-order chi connectivity index (χ0) is 20.4. The van der Waals surface area contributed by atoms with Gasteiger partial charge in [-0.3, -0.25) is 20.4 Å². The van der Waals surface area contributed by atoms with Crippen molar-refractivity contribution in [3.05, 3.63) is 52.5 Å². The number of hydrazine groups is 1. The van der Waals surface area contributed by atoms with Gasteiger partial charge in [0.1, 0.15) is 23.9 Å². The average molecular weight is 453 g/mol. The molecule has 0 heterocycles. The number of halogens is 1. The van der Waals surface area contributed by atoms with Gasteiger partial charge < -0.3 is 18.9 Å². The minimum atomic E-state index is -0.522. The van der Waals surface area contributed by atoms with Gasteiger partial charge in [0.05, 0.1) is 19.3 Å². The molecule has 0 aliphatic heterocycles. The minimum Gasteiger partial charge on any atom is -0.497 e. The molecule has 0 saturated heterocycles. The van der Waals surface area contributed by atoms with Crippen LogP contribution < -0.4 is 25.1 Å². The van der Waals surface area contributed by atoms with Gasteiger partial charge in [-0.1, -0.05) is 15.9 Å². The lowest BCUT2D eigenvalue weighted by Crippen LogP contribution is -2.44. The van der Waals surface area contributed by atoms with E-state index in [0.29, 0.717) is 34.9 Å². The molecule has 2 aromatic carbocycles. The number of amides is 2. The highest BCUT2D eigenvalue weighted by Gasteiger charge is 2.14. The molecule has 28 heavy (non-hydrogen) atoms. The lowest BCUT2D eigenvalue weighted by molar-refractivity contribution is -0.123. The van der Waals surface area contributed by atoms with Crippen molar-refractivity contribution >= 4 is 27.7 Å². The van der Waals surface area contributed by atoms with E-state index in [2.05, 4.69) is 26.8 Å². The third kappa shape index (κ3) is 6.75. The molecule has 0 bridgehead atoms. The molecule has 0 aromatic heterocycles. The Morgan fingerprint density at radius 3 is 2.32 bits per heavy atom. The number of carbonyl (C=O) groups excluding carboxylic acids is 2. The van der Waals surface area contributed by atoms with Gasteiger partial charge in [-0.25, -0.2) is 0 Å². The van der Waals surface area contributed by atoms with Crippen LogP contribution in [0, 0.1) is 0 Å². The molecule has 9 heteroatoms. The summed E-state index contributed by atoms with van der Waals surface area (Å²) in [5.41, 5.74) is 4.91. The van der Waals surface area contributed by atoms with E-state index >= 15 is 0 Å². The van der Waals surface area contributed by atoms with Gasteiger partial charge in [0.15, 0.2) is 6.61 Å². The summed E-state index contributed by atoms with van der Waals surface area (Å²) in [4.78, 5) is 24.3. The third-order valence-electron chi connectivity index (χ3n) is 3.48. The fraction of sp³-hybridized carbons (Fsp3) is 0.263. The number of ether oxygens (including phenoxy) is 4. The molecule has 0 aliphatic rings. The Bertz CT molecular complexity index is 798. The van der Waals surface area contributed by atoms with E-state index in [1.165, 1.54) is 0 Å². The second-order valence-corrected chi connectivity index (χ2v) is 6.36. The standard InChI is InChI=1S/C19H21BrN2O6/c1-25-9-10-27-17-8-3-13(20)11-16(17)19(24)22-21-18(23)12-28-15-6-4-14(26-2)5-7-15/h3-8,11H,9-10,12H2,1-2H3,(H,21,23)(H,22,24). The largest absolute Gasteiger partial charge is 0.497 e. The maximum Gasteiger partial charge on any atom is 0.276 e. The van der Waals surface area contributed by atoms with E-state index in [1.807, 2.05) is 0 Å². The van der Waals surface area contributed by atoms with Gasteiger partial charge >= 0.3 is 0 Å². The number of rotatable bonds is 9. The van der Waals surface area contributed by atoms with E-state index in [-0.39, 0.29) is 12.2 Å². The maximum atomic E-state index is 12.4. The van der Waals surface area contributed by atoms with Crippen molar-refractivity contribution in [2.75, 3.05) is 34.0 Å². The van der Waals surface area contributed by atoms with E-state index in [0.717, 1.165) is 0 Å². The first-order valence-corrected chi connectivity index (χ1v) is 9.10. The zero-order valence-corrected chi connectivity index (χ0v) is 17.1. The number of hydrogen-bond acceptors (Lipinski definition) is 6. The molecule has 8 nitrogen and oxygen atoms in total. The molecular weight excluding hydrogens is 432 g/mol. The van der Waals surface area contributed by atoms with Crippen molar-refractivity contribution in [3.63, 3.8) is 0 Å². The normalized spacial score (nSPS) is 10.1. The minimum absolute atomic E-state index is 0.262. The first-order valence-electron chi connectivity index (χ1n) is 8.31. The first kappa shape index (κ1) is 21.5. The Balaban J connectivity index is 1.86. The third-order valence-corrected chi connectivity index (χ3v) is 3.97. The Labute approximate surface area is 171 Å². The van der Waals surface area contributed by atoms with Gasteiger partial charge in [0.25, 0.3) is 11.8 Å². The summed E-state index contributed by atoms with van der Waals surface area (Å²) in [6.07, 6.45) is 0. The van der Waals surface area contributed by atoms with Crippen molar-refractivity contribution in [2.45, 2.75) is 0 Å². The van der Waals surface area contributed by atoms with Crippen LogP contribution in [-0.2, 0) is 9.53 Å². The predicted molar refractivity (Wildman–Crippen MR) is 106 cm³/mol. The summed E-state index contributed by atoms with van der Waals surface area (Å²) in [5.74, 6) is 0.527. The molecule has 2 aromatic rings. The van der Waals surface area contributed by atoms with Gasteiger partial charge in [-0.05, 0) is 42.5 Å². The molecule has 0 saturated carbocycles. The monoisotopic (exact) mass is 452 g/mol. The van der Waals surface area contributed by atoms with E-state index in [4.69, 9.17) is 18.9 Å². The van der Waals surface area contributed by atoms with Gasteiger partial charge in [-0.2, -0.15) is 0 Å². The lowest BCUT2D eigenvalue weighted by atomic mass is 10.2. The van der Waals surface area contributed by atoms with Crippen LogP contribution in [0.25, 0.3) is 0 Å². The van der Waals surface area contributed by atoms with Crippen molar-refractivity contribution < 1.29 is 28.5 Å². The van der Waals surface area contributed by atoms with Crippen LogP contribution in [0.4, 0.5) is 0 Å². The Morgan fingerprint density at radius 1 is 0.929 bits per heavy atom. The van der Waals surface area contributed by atoms with Crippen LogP contribution in [0.2, 0.25) is 0 Å². The van der Waals surface area contributed by atoms with E-state index in [9.17, 15) is 9.59 Å². The van der Waals surface area contributed by atoms with E-state index < -0.39 is 11.8 Å². The summed E-state index contributed by atoms with van der Waals surface area (Å²) < 4.78 is 21.6. The number of nitrogens with one attached hydrogen (secondary N) is 2. The molecule has 0 radical (unpaired) electrons. The summed E-state index contributed by atoms with van der Waals surface area (Å²) in [5, 5.41) is 0. The molecule has 0 atom stereocenters. The molecule has 2 amide bonds. The number of hydrogen-bond donors (Lipinski definition) is 2. The summed E-state index contributed by atoms with van der Waals surface area (Å²) in [7, 11) is 3.12. The molecule has 0 fully saturated rings. The average Bonchev–Trinajstić information content (AvgIpc) is 2.72. The number of carbonyl (C=O) groups is 2. The number of methoxy groups -OCH3 is 2. The molecular formula is C19H21BrN2O6. The molecule has 150 valence electrons. The van der Waals surface area contributed by atoms with Crippen molar-refractivity contribution in [1.29, 1.82) is 0 Å². The van der Waals surface area contributed by atoms with Gasteiger partial charge in [-0.15, -0.1) is 0 Å². The fourth-order valence-electron chi connectivity index (χ4n) is 2.09. The van der Waals surface area contributed by atoms with Crippen molar-refractivity contribution in [1.82, 2.24) is 10.9 Å². The second-order valence-electron chi connectivity index (χ2n) is 5.45. The molecule has 2 rings (SSSR count). The summed E-state index contributed by atoms with van der Waals surface area (Å²) in [6.45, 7) is 0.416. The molecule has 0 aliphatic carbocycles. The van der Waals surface area contributed by atoms with Crippen LogP contribution in [0.1, 0.15) is 10.4 Å². The molecule has 0 unspecified atom stereocenters. The topological polar surface area (TPSA) is 95.1 Å². The Kier molecular flexibility index (Phi) is 8.57.